The molecule has 3 aliphatic carbocycles. The third-order valence-corrected chi connectivity index (χ3v) is 9.82. The minimum atomic E-state index is -0.933. The van der Waals surface area contributed by atoms with Gasteiger partial charge in [0.2, 0.25) is 5.91 Å². The zero-order valence-electron chi connectivity index (χ0n) is 24.9. The van der Waals surface area contributed by atoms with Crippen molar-refractivity contribution in [3.63, 3.8) is 0 Å². The van der Waals surface area contributed by atoms with Crippen molar-refractivity contribution >= 4 is 30.2 Å². The van der Waals surface area contributed by atoms with Gasteiger partial charge in [-0.3, -0.25) is 14.7 Å². The molecule has 5 N–H and O–H groups in total. The Morgan fingerprint density at radius 3 is 2.22 bits per heavy atom. The molecule has 4 fully saturated rings. The molecule has 11 nitrogen and oxygen atoms in total. The molecule has 1 aliphatic heterocycles. The van der Waals surface area contributed by atoms with E-state index < -0.39 is 5.54 Å². The van der Waals surface area contributed by atoms with E-state index in [0.29, 0.717) is 49.6 Å². The number of carbonyl (C=O) groups is 2. The van der Waals surface area contributed by atoms with Gasteiger partial charge in [-0.2, -0.15) is 4.98 Å². The van der Waals surface area contributed by atoms with Crippen LogP contribution in [0.1, 0.15) is 78.2 Å². The average molecular weight is 593 g/mol. The van der Waals surface area contributed by atoms with Gasteiger partial charge in [0.05, 0.1) is 5.54 Å². The van der Waals surface area contributed by atoms with Crippen LogP contribution in [-0.2, 0) is 4.79 Å². The average Bonchev–Trinajstić information content (AvgIpc) is 2.88. The lowest BCUT2D eigenvalue weighted by Gasteiger charge is -2.59. The molecule has 4 aliphatic rings. The van der Waals surface area contributed by atoms with Gasteiger partial charge in [-0.05, 0) is 89.2 Å². The van der Waals surface area contributed by atoms with Crippen molar-refractivity contribution in [3.05, 3.63) is 22.7 Å². The fourth-order valence-electron chi connectivity index (χ4n) is 7.53. The molecule has 12 heteroatoms. The van der Waals surface area contributed by atoms with Crippen LogP contribution in [0.2, 0.25) is 0 Å². The lowest BCUT2D eigenvalue weighted by Crippen LogP contribution is -2.60. The fraction of sp³-hybridized carbons (Fsp3) is 0.793. The van der Waals surface area contributed by atoms with Gasteiger partial charge in [-0.15, -0.1) is 12.4 Å². The van der Waals surface area contributed by atoms with Gasteiger partial charge in [0.15, 0.2) is 0 Å². The van der Waals surface area contributed by atoms with Gasteiger partial charge >= 0.3 is 11.7 Å². The molecule has 0 unspecified atom stereocenters. The van der Waals surface area contributed by atoms with Crippen molar-refractivity contribution in [2.24, 2.45) is 22.8 Å². The lowest BCUT2D eigenvalue weighted by atomic mass is 9.52. The highest BCUT2D eigenvalue weighted by Crippen LogP contribution is 2.56. The summed E-state index contributed by atoms with van der Waals surface area (Å²) in [5.74, 6) is 0.802. The number of rotatable bonds is 7. The number of urea groups is 1. The molecule has 1 aromatic heterocycles. The van der Waals surface area contributed by atoms with Gasteiger partial charge in [-0.25, -0.2) is 9.59 Å². The van der Waals surface area contributed by atoms with Gasteiger partial charge < -0.3 is 26.2 Å². The largest absolute Gasteiger partial charge is 0.349 e. The van der Waals surface area contributed by atoms with Gasteiger partial charge in [0.25, 0.3) is 0 Å². The van der Waals surface area contributed by atoms with Crippen LogP contribution in [0.3, 0.4) is 0 Å². The second-order valence-corrected chi connectivity index (χ2v) is 13.4. The number of anilines is 1. The zero-order valence-corrected chi connectivity index (χ0v) is 25.7. The van der Waals surface area contributed by atoms with Crippen LogP contribution in [0, 0.1) is 11.3 Å². The standard InChI is InChI=1S/C29H48N8O3.ClH/c1-4-34(23-17-29(18-23)15-21(30)16-29)19-20-5-7-22(8-6-20)37-10-9-24(33-27(37)40)32-26(39)36-13-11-35(12-14-36)25(38)28(2,3)31;/h9-10,20-23H,4-8,11-19,30-31H2,1-3H3,(H,32,33,39,40);1H. The molecule has 5 rings (SSSR count). The van der Waals surface area contributed by atoms with E-state index in [1.165, 1.54) is 25.7 Å². The molecule has 1 saturated heterocycles. The highest BCUT2D eigenvalue weighted by molar-refractivity contribution is 5.89. The third-order valence-electron chi connectivity index (χ3n) is 9.82. The number of halogens is 1. The number of carbonyl (C=O) groups excluding carboxylic acids is 2. The van der Waals surface area contributed by atoms with Crippen molar-refractivity contribution < 1.29 is 9.59 Å². The Morgan fingerprint density at radius 2 is 1.68 bits per heavy atom. The number of hydrogen-bond donors (Lipinski definition) is 3. The first-order valence-electron chi connectivity index (χ1n) is 15.2. The van der Waals surface area contributed by atoms with E-state index in [1.807, 2.05) is 0 Å². The topological polar surface area (TPSA) is 143 Å². The molecule has 1 spiro atoms. The Morgan fingerprint density at radius 1 is 1.07 bits per heavy atom. The summed E-state index contributed by atoms with van der Waals surface area (Å²) >= 11 is 0. The molecule has 41 heavy (non-hydrogen) atoms. The molecule has 3 saturated carbocycles. The molecule has 0 bridgehead atoms. The van der Waals surface area contributed by atoms with Crippen molar-refractivity contribution in [1.29, 1.82) is 0 Å². The molecule has 1 aromatic rings. The van der Waals surface area contributed by atoms with E-state index >= 15 is 0 Å². The van der Waals surface area contributed by atoms with Crippen molar-refractivity contribution in [2.75, 3.05) is 44.6 Å². The van der Waals surface area contributed by atoms with E-state index in [2.05, 4.69) is 22.1 Å². The van der Waals surface area contributed by atoms with E-state index in [9.17, 15) is 14.4 Å². The summed E-state index contributed by atoms with van der Waals surface area (Å²) in [7, 11) is 0. The van der Waals surface area contributed by atoms with Gasteiger partial charge in [0.1, 0.15) is 5.82 Å². The van der Waals surface area contributed by atoms with E-state index in [0.717, 1.165) is 38.8 Å². The summed E-state index contributed by atoms with van der Waals surface area (Å²) in [6.07, 6.45) is 11.0. The van der Waals surface area contributed by atoms with Crippen LogP contribution in [0.25, 0.3) is 0 Å². The summed E-state index contributed by atoms with van der Waals surface area (Å²) in [6.45, 7) is 9.56. The Bertz CT molecular complexity index is 1120. The summed E-state index contributed by atoms with van der Waals surface area (Å²) in [5, 5.41) is 2.75. The first-order chi connectivity index (χ1) is 19.0. The minimum Gasteiger partial charge on any atom is -0.338 e. The van der Waals surface area contributed by atoms with E-state index in [1.54, 1.807) is 40.5 Å². The normalized spacial score (nSPS) is 29.9. The van der Waals surface area contributed by atoms with Crippen LogP contribution < -0.4 is 22.5 Å². The number of nitrogens with one attached hydrogen (secondary N) is 1. The highest BCUT2D eigenvalue weighted by Gasteiger charge is 2.53. The second-order valence-electron chi connectivity index (χ2n) is 13.4. The predicted molar refractivity (Wildman–Crippen MR) is 162 cm³/mol. The second kappa shape index (κ2) is 12.6. The summed E-state index contributed by atoms with van der Waals surface area (Å²) < 4.78 is 1.73. The summed E-state index contributed by atoms with van der Waals surface area (Å²) in [6, 6.07) is 2.69. The number of hydrogen-bond acceptors (Lipinski definition) is 7. The molecular weight excluding hydrogens is 544 g/mol. The molecule has 2 heterocycles. The quantitative estimate of drug-likeness (QED) is 0.441. The Hall–Kier alpha value is -2.21. The first-order valence-corrected chi connectivity index (χ1v) is 15.2. The van der Waals surface area contributed by atoms with Crippen molar-refractivity contribution in [1.82, 2.24) is 24.3 Å². The maximum Gasteiger partial charge on any atom is 0.349 e. The van der Waals surface area contributed by atoms with E-state index in [-0.39, 0.29) is 41.9 Å². The molecule has 0 aromatic carbocycles. The highest BCUT2D eigenvalue weighted by atomic mass is 35.5. The SMILES string of the molecule is CCN(CC1CCC(n2ccc(NC(=O)N3CCN(C(=O)C(C)(C)N)CC3)nc2=O)CC1)C1CC2(CC(N)C2)C1.Cl. The Labute approximate surface area is 249 Å². The maximum absolute atomic E-state index is 12.9. The van der Waals surface area contributed by atoms with Gasteiger partial charge in [-0.1, -0.05) is 6.92 Å². The van der Waals surface area contributed by atoms with Crippen LogP contribution in [0.4, 0.5) is 10.6 Å². The van der Waals surface area contributed by atoms with Crippen molar-refractivity contribution in [3.8, 4) is 0 Å². The van der Waals surface area contributed by atoms with Crippen LogP contribution in [0.5, 0.6) is 0 Å². The lowest BCUT2D eigenvalue weighted by molar-refractivity contribution is -0.137. The summed E-state index contributed by atoms with van der Waals surface area (Å²) in [4.78, 5) is 48.2. The molecule has 0 atom stereocenters. The first kappa shape index (κ1) is 31.7. The molecule has 3 amide bonds. The van der Waals surface area contributed by atoms with Gasteiger partial charge in [0, 0.05) is 57.0 Å². The van der Waals surface area contributed by atoms with Crippen LogP contribution in [0.15, 0.2) is 17.1 Å². The minimum absolute atomic E-state index is 0. The molecule has 230 valence electrons. The Balaban J connectivity index is 0.00000387. The third kappa shape index (κ3) is 7.06. The summed E-state index contributed by atoms with van der Waals surface area (Å²) in [5.41, 5.74) is 11.3. The molecule has 0 radical (unpaired) electrons. The smallest absolute Gasteiger partial charge is 0.338 e. The number of amides is 3. The number of nitrogens with zero attached hydrogens (tertiary/aromatic N) is 5. The Kier molecular flexibility index (Phi) is 9.72. The van der Waals surface area contributed by atoms with E-state index in [4.69, 9.17) is 11.5 Å². The maximum atomic E-state index is 12.9. The monoisotopic (exact) mass is 592 g/mol. The van der Waals surface area contributed by atoms with Crippen LogP contribution >= 0.6 is 12.4 Å². The zero-order chi connectivity index (χ0) is 28.7. The fourth-order valence-corrected chi connectivity index (χ4v) is 7.53. The predicted octanol–water partition coefficient (Wildman–Crippen LogP) is 2.40. The molecular formula is C29H49ClN8O3. The van der Waals surface area contributed by atoms with Crippen molar-refractivity contribution in [2.45, 2.75) is 95.8 Å². The number of nitrogens with two attached hydrogens (primary N) is 2. The van der Waals surface area contributed by atoms with Crippen LogP contribution in [-0.4, -0.2) is 93.1 Å². The number of aromatic nitrogens is 2. The number of piperazine rings is 1.